The van der Waals surface area contributed by atoms with E-state index in [0.29, 0.717) is 0 Å². The minimum absolute atomic E-state index is 0.932. The van der Waals surface area contributed by atoms with Crippen LogP contribution in [0.2, 0.25) is 0 Å². The number of nitrogens with one attached hydrogen (secondary N) is 1. The number of piperidine rings is 1. The summed E-state index contributed by atoms with van der Waals surface area (Å²) < 4.78 is 1.25. The molecule has 1 saturated heterocycles. The van der Waals surface area contributed by atoms with Crippen LogP contribution < -0.4 is 10.2 Å². The Hall–Kier alpha value is -0.540. The summed E-state index contributed by atoms with van der Waals surface area (Å²) in [6, 6.07) is 6.81. The first-order valence-corrected chi connectivity index (χ1v) is 8.75. The van der Waals surface area contributed by atoms with E-state index in [0.717, 1.165) is 18.4 Å². The van der Waals surface area contributed by atoms with Crippen molar-refractivity contribution in [3.05, 3.63) is 28.2 Å². The molecule has 20 heavy (non-hydrogen) atoms. The highest BCUT2D eigenvalue weighted by Crippen LogP contribution is 2.39. The van der Waals surface area contributed by atoms with Crippen molar-refractivity contribution in [3.8, 4) is 0 Å². The Morgan fingerprint density at radius 3 is 2.75 bits per heavy atom. The lowest BCUT2D eigenvalue weighted by Crippen LogP contribution is -2.42. The van der Waals surface area contributed by atoms with Crippen LogP contribution in [-0.2, 0) is 6.54 Å². The highest BCUT2D eigenvalue weighted by molar-refractivity contribution is 9.10. The first-order chi connectivity index (χ1) is 9.78. The van der Waals surface area contributed by atoms with Crippen molar-refractivity contribution in [2.75, 3.05) is 25.0 Å². The molecule has 1 saturated carbocycles. The molecule has 0 aromatic heterocycles. The number of fused-ring (bicyclic) bond motifs is 1. The van der Waals surface area contributed by atoms with E-state index in [1.807, 2.05) is 7.05 Å². The first-order valence-electron chi connectivity index (χ1n) is 7.96. The quantitative estimate of drug-likeness (QED) is 0.890. The summed E-state index contributed by atoms with van der Waals surface area (Å²) in [6.45, 7) is 3.42. The topological polar surface area (TPSA) is 15.3 Å². The number of hydrogen-bond acceptors (Lipinski definition) is 2. The Balaban J connectivity index is 1.72. The number of rotatable bonds is 3. The van der Waals surface area contributed by atoms with Crippen molar-refractivity contribution < 1.29 is 0 Å². The maximum absolute atomic E-state index is 3.77. The molecule has 3 heteroatoms. The van der Waals surface area contributed by atoms with Crippen LogP contribution in [0.3, 0.4) is 0 Å². The first kappa shape index (κ1) is 14.4. The van der Waals surface area contributed by atoms with Gasteiger partial charge >= 0.3 is 0 Å². The minimum Gasteiger partial charge on any atom is -0.370 e. The van der Waals surface area contributed by atoms with E-state index in [4.69, 9.17) is 0 Å². The summed E-state index contributed by atoms with van der Waals surface area (Å²) in [4.78, 5) is 2.60. The second-order valence-electron chi connectivity index (χ2n) is 6.36. The average molecular weight is 337 g/mol. The zero-order chi connectivity index (χ0) is 13.9. The van der Waals surface area contributed by atoms with Crippen LogP contribution in [0, 0.1) is 11.8 Å². The van der Waals surface area contributed by atoms with E-state index < -0.39 is 0 Å². The third-order valence-electron chi connectivity index (χ3n) is 5.02. The molecule has 1 aliphatic carbocycles. The van der Waals surface area contributed by atoms with E-state index in [2.05, 4.69) is 44.3 Å². The van der Waals surface area contributed by atoms with Crippen LogP contribution in [0.4, 0.5) is 5.69 Å². The van der Waals surface area contributed by atoms with Crippen LogP contribution in [0.15, 0.2) is 22.7 Å². The van der Waals surface area contributed by atoms with E-state index in [9.17, 15) is 0 Å². The Labute approximate surface area is 131 Å². The molecule has 0 amide bonds. The molecular formula is C17H25BrN2. The van der Waals surface area contributed by atoms with Crippen LogP contribution in [0.1, 0.15) is 37.7 Å². The number of nitrogens with zero attached hydrogens (tertiary/aromatic N) is 1. The van der Waals surface area contributed by atoms with Crippen molar-refractivity contribution in [2.45, 2.75) is 38.6 Å². The van der Waals surface area contributed by atoms with Crippen LogP contribution in [0.25, 0.3) is 0 Å². The Kier molecular flexibility index (Phi) is 4.67. The van der Waals surface area contributed by atoms with Gasteiger partial charge in [0.25, 0.3) is 0 Å². The lowest BCUT2D eigenvalue weighted by molar-refractivity contribution is 0.202. The summed E-state index contributed by atoms with van der Waals surface area (Å²) in [7, 11) is 2.00. The van der Waals surface area contributed by atoms with Crippen molar-refractivity contribution in [2.24, 2.45) is 11.8 Å². The Bertz CT molecular complexity index is 460. The molecule has 2 atom stereocenters. The smallest absolute Gasteiger partial charge is 0.0510 e. The second-order valence-corrected chi connectivity index (χ2v) is 7.21. The molecule has 1 N–H and O–H groups in total. The van der Waals surface area contributed by atoms with Gasteiger partial charge in [-0.1, -0.05) is 25.3 Å². The molecule has 0 radical (unpaired) electrons. The van der Waals surface area contributed by atoms with Gasteiger partial charge in [0.1, 0.15) is 0 Å². The maximum atomic E-state index is 3.77. The molecule has 3 rings (SSSR count). The van der Waals surface area contributed by atoms with Crippen molar-refractivity contribution >= 4 is 21.6 Å². The molecule has 2 unspecified atom stereocenters. The number of benzene rings is 1. The van der Waals surface area contributed by atoms with Gasteiger partial charge in [-0.25, -0.2) is 0 Å². The molecule has 0 spiro atoms. The third kappa shape index (κ3) is 3.04. The predicted molar refractivity (Wildman–Crippen MR) is 89.2 cm³/mol. The van der Waals surface area contributed by atoms with Gasteiger partial charge in [-0.2, -0.15) is 0 Å². The maximum Gasteiger partial charge on any atom is 0.0510 e. The van der Waals surface area contributed by atoms with Gasteiger partial charge in [0.05, 0.1) is 5.69 Å². The number of hydrogen-bond donors (Lipinski definition) is 1. The van der Waals surface area contributed by atoms with E-state index in [1.165, 1.54) is 60.9 Å². The van der Waals surface area contributed by atoms with Gasteiger partial charge in [0, 0.05) is 24.1 Å². The fourth-order valence-electron chi connectivity index (χ4n) is 3.94. The normalized spacial score (nSPS) is 26.4. The van der Waals surface area contributed by atoms with E-state index in [-0.39, 0.29) is 0 Å². The monoisotopic (exact) mass is 336 g/mol. The Morgan fingerprint density at radius 1 is 1.20 bits per heavy atom. The van der Waals surface area contributed by atoms with Gasteiger partial charge in [0.2, 0.25) is 0 Å². The summed E-state index contributed by atoms with van der Waals surface area (Å²) >= 11 is 3.77. The summed E-state index contributed by atoms with van der Waals surface area (Å²) in [6.07, 6.45) is 7.20. The highest BCUT2D eigenvalue weighted by atomic mass is 79.9. The molecule has 0 bridgehead atoms. The van der Waals surface area contributed by atoms with Crippen LogP contribution in [0.5, 0.6) is 0 Å². The minimum atomic E-state index is 0.932. The number of halogens is 1. The summed E-state index contributed by atoms with van der Waals surface area (Å²) in [5.41, 5.74) is 2.73. The van der Waals surface area contributed by atoms with Gasteiger partial charge in [-0.3, -0.25) is 0 Å². The highest BCUT2D eigenvalue weighted by Gasteiger charge is 2.31. The zero-order valence-electron chi connectivity index (χ0n) is 12.4. The summed E-state index contributed by atoms with van der Waals surface area (Å²) in [5.74, 6) is 1.93. The fraction of sp³-hybridized carbons (Fsp3) is 0.647. The summed E-state index contributed by atoms with van der Waals surface area (Å²) in [5, 5.41) is 3.21. The van der Waals surface area contributed by atoms with Gasteiger partial charge in [-0.05, 0) is 65.4 Å². The van der Waals surface area contributed by atoms with Gasteiger partial charge in [0.15, 0.2) is 0 Å². The molecule has 1 aliphatic heterocycles. The second kappa shape index (κ2) is 6.48. The largest absolute Gasteiger partial charge is 0.370 e. The molecule has 2 aliphatic rings. The van der Waals surface area contributed by atoms with Gasteiger partial charge < -0.3 is 10.2 Å². The molecule has 110 valence electrons. The third-order valence-corrected chi connectivity index (χ3v) is 5.66. The lowest BCUT2D eigenvalue weighted by Gasteiger charge is -2.42. The van der Waals surface area contributed by atoms with Crippen LogP contribution >= 0.6 is 15.9 Å². The molecule has 2 fully saturated rings. The molecular weight excluding hydrogens is 312 g/mol. The molecule has 1 heterocycles. The van der Waals surface area contributed by atoms with Crippen molar-refractivity contribution in [3.63, 3.8) is 0 Å². The molecule has 2 nitrogen and oxygen atoms in total. The SMILES string of the molecule is CNCc1ccc(N2CCC3CCCCC3C2)c(Br)c1. The zero-order valence-corrected chi connectivity index (χ0v) is 14.0. The standard InChI is InChI=1S/C17H25BrN2/c1-19-11-13-6-7-17(16(18)10-13)20-9-8-14-4-2-3-5-15(14)12-20/h6-7,10,14-15,19H,2-5,8-9,11-12H2,1H3. The van der Waals surface area contributed by atoms with Crippen LogP contribution in [-0.4, -0.2) is 20.1 Å². The Morgan fingerprint density at radius 2 is 2.00 bits per heavy atom. The van der Waals surface area contributed by atoms with Crippen molar-refractivity contribution in [1.82, 2.24) is 5.32 Å². The lowest BCUT2D eigenvalue weighted by atomic mass is 9.75. The predicted octanol–water partition coefficient (Wildman–Crippen LogP) is 4.19. The molecule has 1 aromatic rings. The van der Waals surface area contributed by atoms with E-state index in [1.54, 1.807) is 0 Å². The number of anilines is 1. The van der Waals surface area contributed by atoms with Crippen molar-refractivity contribution in [1.29, 1.82) is 0 Å². The van der Waals surface area contributed by atoms with Gasteiger partial charge in [-0.15, -0.1) is 0 Å². The average Bonchev–Trinajstić information content (AvgIpc) is 2.47. The van der Waals surface area contributed by atoms with E-state index >= 15 is 0 Å². The molecule has 1 aromatic carbocycles. The fourth-order valence-corrected chi connectivity index (χ4v) is 4.62.